The summed E-state index contributed by atoms with van der Waals surface area (Å²) in [5.41, 5.74) is 0.739. The van der Waals surface area contributed by atoms with Gasteiger partial charge in [-0.3, -0.25) is 4.79 Å². The van der Waals surface area contributed by atoms with E-state index in [0.717, 1.165) is 18.3 Å². The monoisotopic (exact) mass is 441 g/mol. The summed E-state index contributed by atoms with van der Waals surface area (Å²) in [6, 6.07) is 3.40. The van der Waals surface area contributed by atoms with E-state index in [-0.39, 0.29) is 15.6 Å². The van der Waals surface area contributed by atoms with E-state index in [9.17, 15) is 4.79 Å². The molecule has 4 aliphatic rings. The lowest BCUT2D eigenvalue weighted by Gasteiger charge is -2.60. The summed E-state index contributed by atoms with van der Waals surface area (Å²) in [5.74, 6) is 2.68. The Hall–Kier alpha value is -0.940. The molecule has 0 radical (unpaired) electrons. The van der Waals surface area contributed by atoms with Crippen molar-refractivity contribution in [2.45, 2.75) is 49.3 Å². The maximum Gasteiger partial charge on any atom is 0.225 e. The van der Waals surface area contributed by atoms with Crippen molar-refractivity contribution in [3.8, 4) is 11.5 Å². The van der Waals surface area contributed by atoms with Crippen LogP contribution in [-0.4, -0.2) is 24.5 Å². The van der Waals surface area contributed by atoms with Crippen molar-refractivity contribution in [2.75, 3.05) is 19.5 Å². The van der Waals surface area contributed by atoms with E-state index in [1.807, 2.05) is 0 Å². The van der Waals surface area contributed by atoms with Crippen molar-refractivity contribution in [1.82, 2.24) is 0 Å². The molecule has 0 heterocycles. The van der Waals surface area contributed by atoms with Gasteiger partial charge < -0.3 is 14.8 Å². The third-order valence-electron chi connectivity index (χ3n) is 6.39. The van der Waals surface area contributed by atoms with Gasteiger partial charge in [0.05, 0.1) is 24.9 Å². The Kier molecular flexibility index (Phi) is 4.67. The normalized spacial score (nSPS) is 34.6. The van der Waals surface area contributed by atoms with Crippen LogP contribution in [0, 0.1) is 17.3 Å². The first-order chi connectivity index (χ1) is 12.3. The minimum atomic E-state index is 0.0441. The SMILES string of the molecule is COc1cc(OC)c(NC(=O)CC23C[C@H]4C[C@@H](CC(Br)(C4)C2)C3)cc1Cl. The molecular weight excluding hydrogens is 418 g/mol. The van der Waals surface area contributed by atoms with E-state index in [1.54, 1.807) is 26.4 Å². The number of ether oxygens (including phenoxy) is 2. The number of alkyl halides is 1. The second kappa shape index (κ2) is 6.59. The molecule has 0 spiro atoms. The molecule has 5 rings (SSSR count). The zero-order valence-electron chi connectivity index (χ0n) is 15.2. The molecule has 0 unspecified atom stereocenters. The molecule has 0 saturated heterocycles. The van der Waals surface area contributed by atoms with E-state index in [4.69, 9.17) is 21.1 Å². The number of anilines is 1. The van der Waals surface area contributed by atoms with Crippen LogP contribution in [-0.2, 0) is 4.79 Å². The van der Waals surface area contributed by atoms with Crippen LogP contribution >= 0.6 is 27.5 Å². The van der Waals surface area contributed by atoms with Gasteiger partial charge in [0.2, 0.25) is 5.91 Å². The first-order valence-electron chi connectivity index (χ1n) is 9.24. The van der Waals surface area contributed by atoms with Gasteiger partial charge in [0.15, 0.2) is 0 Å². The summed E-state index contributed by atoms with van der Waals surface area (Å²) in [4.78, 5) is 12.9. The van der Waals surface area contributed by atoms with Crippen LogP contribution in [0.3, 0.4) is 0 Å². The minimum Gasteiger partial charge on any atom is -0.495 e. The Bertz CT molecular complexity index is 724. The van der Waals surface area contributed by atoms with Crippen molar-refractivity contribution < 1.29 is 14.3 Å². The average Bonchev–Trinajstić information content (AvgIpc) is 2.52. The Balaban J connectivity index is 1.50. The molecule has 1 amide bonds. The number of rotatable bonds is 5. The van der Waals surface area contributed by atoms with E-state index < -0.39 is 0 Å². The number of benzene rings is 1. The van der Waals surface area contributed by atoms with Crippen molar-refractivity contribution in [1.29, 1.82) is 0 Å². The number of halogens is 2. The molecule has 2 atom stereocenters. The fraction of sp³-hybridized carbons (Fsp3) is 0.650. The molecule has 6 heteroatoms. The number of amides is 1. The molecule has 0 aliphatic heterocycles. The van der Waals surface area contributed by atoms with E-state index >= 15 is 0 Å². The van der Waals surface area contributed by atoms with Crippen LogP contribution in [0.5, 0.6) is 11.5 Å². The van der Waals surface area contributed by atoms with E-state index in [2.05, 4.69) is 21.2 Å². The van der Waals surface area contributed by atoms with Gasteiger partial charge in [-0.2, -0.15) is 0 Å². The maximum absolute atomic E-state index is 12.9. The second-order valence-corrected chi connectivity index (χ2v) is 10.6. The lowest BCUT2D eigenvalue weighted by Crippen LogP contribution is -2.53. The zero-order valence-corrected chi connectivity index (χ0v) is 17.6. The van der Waals surface area contributed by atoms with Crippen molar-refractivity contribution >= 4 is 39.1 Å². The molecule has 4 fully saturated rings. The third kappa shape index (κ3) is 3.33. The van der Waals surface area contributed by atoms with Crippen LogP contribution in [0.15, 0.2) is 12.1 Å². The molecule has 4 aliphatic carbocycles. The molecule has 4 saturated carbocycles. The van der Waals surface area contributed by atoms with Gasteiger partial charge in [0.25, 0.3) is 0 Å². The number of nitrogens with one attached hydrogen (secondary N) is 1. The van der Waals surface area contributed by atoms with Crippen LogP contribution in [0.4, 0.5) is 5.69 Å². The quantitative estimate of drug-likeness (QED) is 0.619. The number of hydrogen-bond acceptors (Lipinski definition) is 3. The largest absolute Gasteiger partial charge is 0.495 e. The molecular formula is C20H25BrClNO3. The highest BCUT2D eigenvalue weighted by molar-refractivity contribution is 9.10. The summed E-state index contributed by atoms with van der Waals surface area (Å²) in [6.45, 7) is 0. The molecule has 1 aromatic carbocycles. The number of carbonyl (C=O) groups is 1. The molecule has 0 aromatic heterocycles. The fourth-order valence-electron chi connectivity index (χ4n) is 6.04. The standard InChI is InChI=1S/C20H25BrClNO3/c1-25-16-5-17(26-2)15(4-14(16)22)23-18(24)10-19-6-12-3-13(7-19)9-20(21,8-12)11-19/h4-5,12-13H,3,6-11H2,1-2H3,(H,23,24)/t12-,13-,19?,20?/m1/s1. The Morgan fingerprint density at radius 1 is 1.19 bits per heavy atom. The predicted octanol–water partition coefficient (Wildman–Crippen LogP) is 5.42. The lowest BCUT2D eigenvalue weighted by molar-refractivity contribution is -0.123. The number of carbonyl (C=O) groups excluding carboxylic acids is 1. The zero-order chi connectivity index (χ0) is 18.5. The Morgan fingerprint density at radius 2 is 1.85 bits per heavy atom. The van der Waals surface area contributed by atoms with Gasteiger partial charge >= 0.3 is 0 Å². The molecule has 1 N–H and O–H groups in total. The van der Waals surface area contributed by atoms with Gasteiger partial charge in [-0.15, -0.1) is 0 Å². The minimum absolute atomic E-state index is 0.0441. The molecule has 4 nitrogen and oxygen atoms in total. The molecule has 1 aromatic rings. The summed E-state index contributed by atoms with van der Waals surface area (Å²) in [6.07, 6.45) is 7.94. The van der Waals surface area contributed by atoms with Crippen molar-refractivity contribution in [2.24, 2.45) is 17.3 Å². The second-order valence-electron chi connectivity index (χ2n) is 8.52. The van der Waals surface area contributed by atoms with Crippen molar-refractivity contribution in [3.05, 3.63) is 17.2 Å². The Morgan fingerprint density at radius 3 is 2.42 bits per heavy atom. The van der Waals surface area contributed by atoms with Gasteiger partial charge in [0, 0.05) is 16.8 Å². The van der Waals surface area contributed by atoms with Gasteiger partial charge in [0.1, 0.15) is 11.5 Å². The fourth-order valence-corrected chi connectivity index (χ4v) is 7.79. The van der Waals surface area contributed by atoms with Crippen LogP contribution in [0.2, 0.25) is 5.02 Å². The van der Waals surface area contributed by atoms with E-state index in [0.29, 0.717) is 28.6 Å². The number of methoxy groups -OCH3 is 2. The predicted molar refractivity (Wildman–Crippen MR) is 107 cm³/mol. The molecule has 142 valence electrons. The highest BCUT2D eigenvalue weighted by atomic mass is 79.9. The highest BCUT2D eigenvalue weighted by Crippen LogP contribution is 2.65. The van der Waals surface area contributed by atoms with Gasteiger partial charge in [-0.05, 0) is 61.8 Å². The lowest BCUT2D eigenvalue weighted by atomic mass is 9.48. The van der Waals surface area contributed by atoms with Crippen molar-refractivity contribution in [3.63, 3.8) is 0 Å². The third-order valence-corrected chi connectivity index (χ3v) is 7.62. The average molecular weight is 443 g/mol. The summed E-state index contributed by atoms with van der Waals surface area (Å²) >= 11 is 10.2. The van der Waals surface area contributed by atoms with Crippen LogP contribution in [0.25, 0.3) is 0 Å². The first-order valence-corrected chi connectivity index (χ1v) is 10.4. The number of hydrogen-bond donors (Lipinski definition) is 1. The first kappa shape index (κ1) is 18.4. The summed E-state index contributed by atoms with van der Waals surface area (Å²) in [5, 5.41) is 3.48. The van der Waals surface area contributed by atoms with Gasteiger partial charge in [-0.25, -0.2) is 0 Å². The van der Waals surface area contributed by atoms with Gasteiger partial charge in [-0.1, -0.05) is 27.5 Å². The topological polar surface area (TPSA) is 47.6 Å². The molecule has 26 heavy (non-hydrogen) atoms. The summed E-state index contributed by atoms with van der Waals surface area (Å²) in [7, 11) is 3.13. The Labute approximate surface area is 168 Å². The maximum atomic E-state index is 12.9. The highest BCUT2D eigenvalue weighted by Gasteiger charge is 2.57. The van der Waals surface area contributed by atoms with Crippen LogP contribution in [0.1, 0.15) is 44.9 Å². The summed E-state index contributed by atoms with van der Waals surface area (Å²) < 4.78 is 10.9. The van der Waals surface area contributed by atoms with E-state index in [1.165, 1.54) is 32.1 Å². The smallest absolute Gasteiger partial charge is 0.225 e. The van der Waals surface area contributed by atoms with Crippen LogP contribution < -0.4 is 14.8 Å². The molecule has 4 bridgehead atoms.